The highest BCUT2D eigenvalue weighted by Crippen LogP contribution is 2.25. The Hall–Kier alpha value is -2.41. The number of halogens is 1. The van der Waals surface area contributed by atoms with Gasteiger partial charge in [-0.1, -0.05) is 12.1 Å². The van der Waals surface area contributed by atoms with E-state index in [-0.39, 0.29) is 22.7 Å². The predicted molar refractivity (Wildman–Crippen MR) is 86.7 cm³/mol. The fourth-order valence-electron chi connectivity index (χ4n) is 1.84. The quantitative estimate of drug-likeness (QED) is 0.498. The Morgan fingerprint density at radius 1 is 1.22 bits per heavy atom. The van der Waals surface area contributed by atoms with Gasteiger partial charge in [-0.2, -0.15) is 0 Å². The second-order valence-corrected chi connectivity index (χ2v) is 6.27. The SMILES string of the molecule is C[C@H](Sc1ccc([N+](=O)[O-])cc1)C(=O)NCc1ccc(F)cc1. The lowest BCUT2D eigenvalue weighted by atomic mass is 10.2. The first-order valence-electron chi connectivity index (χ1n) is 6.89. The van der Waals surface area contributed by atoms with E-state index in [4.69, 9.17) is 0 Å². The first-order valence-corrected chi connectivity index (χ1v) is 7.77. The summed E-state index contributed by atoms with van der Waals surface area (Å²) in [5.41, 5.74) is 0.829. The van der Waals surface area contributed by atoms with Gasteiger partial charge >= 0.3 is 0 Å². The molecule has 0 aliphatic heterocycles. The number of nitro benzene ring substituents is 1. The monoisotopic (exact) mass is 334 g/mol. The number of nitrogens with zero attached hydrogens (tertiary/aromatic N) is 1. The molecule has 2 aromatic rings. The fourth-order valence-corrected chi connectivity index (χ4v) is 2.73. The molecule has 0 aliphatic rings. The molecule has 0 saturated heterocycles. The van der Waals surface area contributed by atoms with E-state index in [1.165, 1.54) is 36.0 Å². The van der Waals surface area contributed by atoms with Gasteiger partial charge in [-0.15, -0.1) is 11.8 Å². The van der Waals surface area contributed by atoms with Crippen LogP contribution in [-0.4, -0.2) is 16.1 Å². The summed E-state index contributed by atoms with van der Waals surface area (Å²) in [7, 11) is 0. The van der Waals surface area contributed by atoms with Crippen LogP contribution in [0.25, 0.3) is 0 Å². The normalized spacial score (nSPS) is 11.7. The third kappa shape index (κ3) is 5.07. The summed E-state index contributed by atoms with van der Waals surface area (Å²) in [6, 6.07) is 12.0. The van der Waals surface area contributed by atoms with Crippen molar-refractivity contribution in [3.63, 3.8) is 0 Å². The summed E-state index contributed by atoms with van der Waals surface area (Å²) in [5, 5.41) is 13.0. The van der Waals surface area contributed by atoms with Gasteiger partial charge in [-0.25, -0.2) is 4.39 Å². The van der Waals surface area contributed by atoms with Crippen molar-refractivity contribution in [2.45, 2.75) is 23.6 Å². The van der Waals surface area contributed by atoms with E-state index in [9.17, 15) is 19.3 Å². The highest BCUT2D eigenvalue weighted by atomic mass is 32.2. The molecule has 0 aliphatic carbocycles. The summed E-state index contributed by atoms with van der Waals surface area (Å²) >= 11 is 1.32. The maximum atomic E-state index is 12.8. The number of carbonyl (C=O) groups excluding carboxylic acids is 1. The van der Waals surface area contributed by atoms with Crippen molar-refractivity contribution < 1.29 is 14.1 Å². The molecule has 1 amide bonds. The predicted octanol–water partition coefficient (Wildman–Crippen LogP) is 3.53. The average molecular weight is 334 g/mol. The number of amides is 1. The van der Waals surface area contributed by atoms with E-state index in [2.05, 4.69) is 5.32 Å². The van der Waals surface area contributed by atoms with Crippen molar-refractivity contribution in [3.8, 4) is 0 Å². The van der Waals surface area contributed by atoms with Crippen LogP contribution >= 0.6 is 11.8 Å². The minimum atomic E-state index is -0.465. The molecule has 7 heteroatoms. The summed E-state index contributed by atoms with van der Waals surface area (Å²) in [6.45, 7) is 2.08. The topological polar surface area (TPSA) is 72.2 Å². The number of rotatable bonds is 6. The van der Waals surface area contributed by atoms with Crippen molar-refractivity contribution in [2.75, 3.05) is 0 Å². The molecule has 0 radical (unpaired) electrons. The second kappa shape index (κ2) is 7.73. The molecule has 23 heavy (non-hydrogen) atoms. The summed E-state index contributed by atoms with van der Waals surface area (Å²) in [4.78, 5) is 23.0. The van der Waals surface area contributed by atoms with Crippen LogP contribution in [0.1, 0.15) is 12.5 Å². The molecule has 1 atom stereocenters. The smallest absolute Gasteiger partial charge is 0.269 e. The van der Waals surface area contributed by atoms with Crippen LogP contribution in [0.2, 0.25) is 0 Å². The van der Waals surface area contributed by atoms with Crippen LogP contribution in [0.5, 0.6) is 0 Å². The Bertz CT molecular complexity index is 689. The molecule has 0 saturated carbocycles. The van der Waals surface area contributed by atoms with Crippen LogP contribution in [0.3, 0.4) is 0 Å². The van der Waals surface area contributed by atoms with Gasteiger partial charge in [0.25, 0.3) is 5.69 Å². The highest BCUT2D eigenvalue weighted by molar-refractivity contribution is 8.00. The Labute approximate surface area is 137 Å². The van der Waals surface area contributed by atoms with Gasteiger partial charge in [-0.3, -0.25) is 14.9 Å². The number of carbonyl (C=O) groups is 1. The van der Waals surface area contributed by atoms with E-state index < -0.39 is 4.92 Å². The van der Waals surface area contributed by atoms with Crippen molar-refractivity contribution in [3.05, 3.63) is 70.0 Å². The zero-order valence-corrected chi connectivity index (χ0v) is 13.2. The van der Waals surface area contributed by atoms with Crippen molar-refractivity contribution in [2.24, 2.45) is 0 Å². The summed E-state index contributed by atoms with van der Waals surface area (Å²) in [6.07, 6.45) is 0. The maximum absolute atomic E-state index is 12.8. The van der Waals surface area contributed by atoms with Crippen molar-refractivity contribution in [1.29, 1.82) is 0 Å². The van der Waals surface area contributed by atoms with Gasteiger partial charge in [-0.05, 0) is 36.8 Å². The van der Waals surface area contributed by atoms with Crippen molar-refractivity contribution in [1.82, 2.24) is 5.32 Å². The Balaban J connectivity index is 1.86. The largest absolute Gasteiger partial charge is 0.351 e. The number of nitrogens with one attached hydrogen (secondary N) is 1. The molecule has 0 spiro atoms. The summed E-state index contributed by atoms with van der Waals surface area (Å²) < 4.78 is 12.8. The number of non-ortho nitro benzene ring substituents is 1. The number of thioether (sulfide) groups is 1. The fraction of sp³-hybridized carbons (Fsp3) is 0.188. The van der Waals surface area contributed by atoms with Crippen molar-refractivity contribution >= 4 is 23.4 Å². The number of nitro groups is 1. The average Bonchev–Trinajstić information content (AvgIpc) is 2.54. The Kier molecular flexibility index (Phi) is 5.70. The van der Waals surface area contributed by atoms with E-state index >= 15 is 0 Å². The van der Waals surface area contributed by atoms with Crippen LogP contribution < -0.4 is 5.32 Å². The molecular weight excluding hydrogens is 319 g/mol. The Morgan fingerprint density at radius 3 is 2.39 bits per heavy atom. The van der Waals surface area contributed by atoms with Gasteiger partial charge in [0.05, 0.1) is 10.2 Å². The summed E-state index contributed by atoms with van der Waals surface area (Å²) in [5.74, 6) is -0.472. The number of benzene rings is 2. The van der Waals surface area contributed by atoms with E-state index in [1.807, 2.05) is 0 Å². The zero-order valence-electron chi connectivity index (χ0n) is 12.4. The molecule has 0 unspecified atom stereocenters. The molecule has 120 valence electrons. The third-order valence-corrected chi connectivity index (χ3v) is 4.22. The van der Waals surface area contributed by atoms with Crippen LogP contribution in [-0.2, 0) is 11.3 Å². The molecular formula is C16H15FN2O3S. The molecule has 2 aromatic carbocycles. The van der Waals surface area contributed by atoms with Gasteiger partial charge in [0.2, 0.25) is 5.91 Å². The third-order valence-electron chi connectivity index (χ3n) is 3.11. The van der Waals surface area contributed by atoms with Crippen LogP contribution in [0.4, 0.5) is 10.1 Å². The lowest BCUT2D eigenvalue weighted by molar-refractivity contribution is -0.384. The molecule has 0 fully saturated rings. The zero-order chi connectivity index (χ0) is 16.8. The first-order chi connectivity index (χ1) is 11.0. The molecule has 0 heterocycles. The lowest BCUT2D eigenvalue weighted by Gasteiger charge is -2.12. The van der Waals surface area contributed by atoms with Gasteiger partial charge in [0, 0.05) is 23.6 Å². The van der Waals surface area contributed by atoms with E-state index in [0.717, 1.165) is 10.5 Å². The maximum Gasteiger partial charge on any atom is 0.269 e. The Morgan fingerprint density at radius 2 is 1.83 bits per heavy atom. The van der Waals surface area contributed by atoms with Crippen LogP contribution in [0, 0.1) is 15.9 Å². The van der Waals surface area contributed by atoms with Gasteiger partial charge in [0.15, 0.2) is 0 Å². The minimum absolute atomic E-state index is 0.0164. The highest BCUT2D eigenvalue weighted by Gasteiger charge is 2.14. The van der Waals surface area contributed by atoms with E-state index in [1.54, 1.807) is 31.2 Å². The first kappa shape index (κ1) is 17.0. The van der Waals surface area contributed by atoms with Gasteiger partial charge in [0.1, 0.15) is 5.82 Å². The standard InChI is InChI=1S/C16H15FN2O3S/c1-11(23-15-8-6-14(7-9-15)19(21)22)16(20)18-10-12-2-4-13(17)5-3-12/h2-9,11H,10H2,1H3,(H,18,20)/t11-/m0/s1. The van der Waals surface area contributed by atoms with Crippen LogP contribution in [0.15, 0.2) is 53.4 Å². The number of hydrogen-bond donors (Lipinski definition) is 1. The molecule has 0 bridgehead atoms. The minimum Gasteiger partial charge on any atom is -0.351 e. The molecule has 2 rings (SSSR count). The molecule has 0 aromatic heterocycles. The van der Waals surface area contributed by atoms with Gasteiger partial charge < -0.3 is 5.32 Å². The molecule has 1 N–H and O–H groups in total. The second-order valence-electron chi connectivity index (χ2n) is 4.86. The number of hydrogen-bond acceptors (Lipinski definition) is 4. The van der Waals surface area contributed by atoms with E-state index in [0.29, 0.717) is 6.54 Å². The lowest BCUT2D eigenvalue weighted by Crippen LogP contribution is -2.30. The molecule has 5 nitrogen and oxygen atoms in total.